The quantitative estimate of drug-likeness (QED) is 0.776. The first-order chi connectivity index (χ1) is 12.4. The first-order valence-electron chi connectivity index (χ1n) is 8.26. The Labute approximate surface area is 150 Å². The van der Waals surface area contributed by atoms with E-state index in [1.807, 2.05) is 32.0 Å². The fourth-order valence-electron chi connectivity index (χ4n) is 2.70. The normalized spacial score (nSPS) is 10.6. The summed E-state index contributed by atoms with van der Waals surface area (Å²) in [7, 11) is 0. The molecule has 0 bridgehead atoms. The van der Waals surface area contributed by atoms with Gasteiger partial charge >= 0.3 is 0 Å². The van der Waals surface area contributed by atoms with Gasteiger partial charge < -0.3 is 9.88 Å². The standard InChI is InChI=1S/C21H19FN2O2/c1-14-5-3-8-19(15(14)2)23-21(26)17-9-10-20(25)24(13-17)12-16-6-4-7-18(22)11-16/h3-11,13H,12H2,1-2H3,(H,23,26). The van der Waals surface area contributed by atoms with Gasteiger partial charge in [-0.1, -0.05) is 24.3 Å². The number of aryl methyl sites for hydroxylation is 1. The summed E-state index contributed by atoms with van der Waals surface area (Å²) < 4.78 is 14.7. The molecule has 1 amide bonds. The zero-order valence-corrected chi connectivity index (χ0v) is 14.6. The smallest absolute Gasteiger partial charge is 0.257 e. The van der Waals surface area contributed by atoms with Gasteiger partial charge in [-0.15, -0.1) is 0 Å². The van der Waals surface area contributed by atoms with Gasteiger partial charge in [-0.2, -0.15) is 0 Å². The summed E-state index contributed by atoms with van der Waals surface area (Å²) in [4.78, 5) is 24.6. The summed E-state index contributed by atoms with van der Waals surface area (Å²) in [6.07, 6.45) is 1.49. The van der Waals surface area contributed by atoms with Crippen LogP contribution in [0.25, 0.3) is 0 Å². The number of hydrogen-bond donors (Lipinski definition) is 1. The van der Waals surface area contributed by atoms with Crippen molar-refractivity contribution in [3.63, 3.8) is 0 Å². The van der Waals surface area contributed by atoms with Crippen molar-refractivity contribution in [1.29, 1.82) is 0 Å². The number of anilines is 1. The molecule has 5 heteroatoms. The van der Waals surface area contributed by atoms with E-state index in [0.29, 0.717) is 11.1 Å². The third-order valence-electron chi connectivity index (χ3n) is 4.34. The molecule has 0 aliphatic rings. The Morgan fingerprint density at radius 3 is 2.62 bits per heavy atom. The largest absolute Gasteiger partial charge is 0.322 e. The predicted molar refractivity (Wildman–Crippen MR) is 100 cm³/mol. The molecule has 1 heterocycles. The number of benzene rings is 2. The molecule has 3 aromatic rings. The molecule has 0 aliphatic heterocycles. The number of nitrogens with one attached hydrogen (secondary N) is 1. The van der Waals surface area contributed by atoms with Crippen LogP contribution in [0.4, 0.5) is 10.1 Å². The average Bonchev–Trinajstić information content (AvgIpc) is 2.61. The molecule has 2 aromatic carbocycles. The minimum absolute atomic E-state index is 0.196. The second-order valence-corrected chi connectivity index (χ2v) is 6.22. The third-order valence-corrected chi connectivity index (χ3v) is 4.34. The summed E-state index contributed by atoms with van der Waals surface area (Å²) >= 11 is 0. The van der Waals surface area contributed by atoms with Crippen molar-refractivity contribution in [3.05, 3.63) is 99.2 Å². The molecule has 0 unspecified atom stereocenters. The molecule has 0 spiro atoms. The van der Waals surface area contributed by atoms with Gasteiger partial charge in [0.2, 0.25) is 0 Å². The fourth-order valence-corrected chi connectivity index (χ4v) is 2.70. The van der Waals surface area contributed by atoms with Crippen LogP contribution in [-0.2, 0) is 6.54 Å². The number of hydrogen-bond acceptors (Lipinski definition) is 2. The number of amides is 1. The van der Waals surface area contributed by atoms with E-state index in [1.165, 1.54) is 35.0 Å². The van der Waals surface area contributed by atoms with E-state index in [4.69, 9.17) is 0 Å². The molecule has 3 rings (SSSR count). The molecule has 132 valence electrons. The maximum absolute atomic E-state index is 13.3. The second-order valence-electron chi connectivity index (χ2n) is 6.22. The first kappa shape index (κ1) is 17.6. The van der Waals surface area contributed by atoms with Gasteiger partial charge in [0.05, 0.1) is 12.1 Å². The molecule has 0 radical (unpaired) electrons. The molecular formula is C21H19FN2O2. The number of aromatic nitrogens is 1. The van der Waals surface area contributed by atoms with Crippen LogP contribution in [0.5, 0.6) is 0 Å². The van der Waals surface area contributed by atoms with E-state index in [0.717, 1.165) is 16.8 Å². The number of nitrogens with zero attached hydrogens (tertiary/aromatic N) is 1. The molecule has 1 N–H and O–H groups in total. The molecule has 26 heavy (non-hydrogen) atoms. The lowest BCUT2D eigenvalue weighted by molar-refractivity contribution is 0.102. The highest BCUT2D eigenvalue weighted by Gasteiger charge is 2.10. The fraction of sp³-hybridized carbons (Fsp3) is 0.143. The molecule has 1 aromatic heterocycles. The molecule has 0 atom stereocenters. The van der Waals surface area contributed by atoms with E-state index in [1.54, 1.807) is 12.1 Å². The Morgan fingerprint density at radius 2 is 1.85 bits per heavy atom. The van der Waals surface area contributed by atoms with Crippen LogP contribution in [0.2, 0.25) is 0 Å². The van der Waals surface area contributed by atoms with Gasteiger partial charge in [0.25, 0.3) is 11.5 Å². The minimum atomic E-state index is -0.362. The van der Waals surface area contributed by atoms with Gasteiger partial charge in [0.1, 0.15) is 5.82 Å². The summed E-state index contributed by atoms with van der Waals surface area (Å²) in [5.41, 5.74) is 3.57. The molecular weight excluding hydrogens is 331 g/mol. The monoisotopic (exact) mass is 350 g/mol. The highest BCUT2D eigenvalue weighted by Crippen LogP contribution is 2.18. The SMILES string of the molecule is Cc1cccc(NC(=O)c2ccc(=O)n(Cc3cccc(F)c3)c2)c1C. The van der Waals surface area contributed by atoms with Crippen LogP contribution in [-0.4, -0.2) is 10.5 Å². The summed E-state index contributed by atoms with van der Waals surface area (Å²) in [6, 6.07) is 14.6. The second kappa shape index (κ2) is 7.35. The van der Waals surface area contributed by atoms with Crippen LogP contribution in [0.15, 0.2) is 65.6 Å². The van der Waals surface area contributed by atoms with Crippen LogP contribution in [0, 0.1) is 19.7 Å². The van der Waals surface area contributed by atoms with E-state index >= 15 is 0 Å². The highest BCUT2D eigenvalue weighted by atomic mass is 19.1. The molecule has 0 fully saturated rings. The van der Waals surface area contributed by atoms with Crippen molar-refractivity contribution in [1.82, 2.24) is 4.57 Å². The maximum Gasteiger partial charge on any atom is 0.257 e. The molecule has 4 nitrogen and oxygen atoms in total. The van der Waals surface area contributed by atoms with Gasteiger partial charge in [0.15, 0.2) is 0 Å². The predicted octanol–water partition coefficient (Wildman–Crippen LogP) is 3.90. The Balaban J connectivity index is 1.85. The van der Waals surface area contributed by atoms with Crippen LogP contribution in [0.1, 0.15) is 27.0 Å². The Hall–Kier alpha value is -3.21. The maximum atomic E-state index is 13.3. The van der Waals surface area contributed by atoms with E-state index in [-0.39, 0.29) is 23.8 Å². The lowest BCUT2D eigenvalue weighted by Crippen LogP contribution is -2.22. The summed E-state index contributed by atoms with van der Waals surface area (Å²) in [5, 5.41) is 2.87. The van der Waals surface area contributed by atoms with Crippen molar-refractivity contribution >= 4 is 11.6 Å². The lowest BCUT2D eigenvalue weighted by atomic mass is 10.1. The highest BCUT2D eigenvalue weighted by molar-refractivity contribution is 6.04. The van der Waals surface area contributed by atoms with Gasteiger partial charge in [-0.05, 0) is 54.8 Å². The number of halogens is 1. The van der Waals surface area contributed by atoms with E-state index < -0.39 is 0 Å². The van der Waals surface area contributed by atoms with Crippen molar-refractivity contribution in [2.45, 2.75) is 20.4 Å². The number of carbonyl (C=O) groups excluding carboxylic acids is 1. The van der Waals surface area contributed by atoms with Crippen molar-refractivity contribution < 1.29 is 9.18 Å². The number of pyridine rings is 1. The lowest BCUT2D eigenvalue weighted by Gasteiger charge is -2.12. The molecule has 0 saturated carbocycles. The zero-order valence-electron chi connectivity index (χ0n) is 14.6. The van der Waals surface area contributed by atoms with Crippen LogP contribution < -0.4 is 10.9 Å². The summed E-state index contributed by atoms with van der Waals surface area (Å²) in [5.74, 6) is -0.661. The molecule has 0 saturated heterocycles. The van der Waals surface area contributed by atoms with Crippen molar-refractivity contribution in [3.8, 4) is 0 Å². The van der Waals surface area contributed by atoms with E-state index in [9.17, 15) is 14.0 Å². The van der Waals surface area contributed by atoms with Gasteiger partial charge in [-0.3, -0.25) is 9.59 Å². The third kappa shape index (κ3) is 3.88. The topological polar surface area (TPSA) is 51.1 Å². The minimum Gasteiger partial charge on any atom is -0.322 e. The molecule has 0 aliphatic carbocycles. The van der Waals surface area contributed by atoms with Crippen molar-refractivity contribution in [2.75, 3.05) is 5.32 Å². The number of carbonyl (C=O) groups is 1. The Morgan fingerprint density at radius 1 is 1.08 bits per heavy atom. The van der Waals surface area contributed by atoms with Gasteiger partial charge in [-0.25, -0.2) is 4.39 Å². The summed E-state index contributed by atoms with van der Waals surface area (Å²) in [6.45, 7) is 4.11. The zero-order chi connectivity index (χ0) is 18.7. The van der Waals surface area contributed by atoms with Crippen LogP contribution >= 0.6 is 0 Å². The number of rotatable bonds is 4. The Kier molecular flexibility index (Phi) is 4.98. The van der Waals surface area contributed by atoms with Crippen LogP contribution in [0.3, 0.4) is 0 Å². The van der Waals surface area contributed by atoms with Gasteiger partial charge in [0, 0.05) is 18.0 Å². The van der Waals surface area contributed by atoms with Crippen molar-refractivity contribution in [2.24, 2.45) is 0 Å². The average molecular weight is 350 g/mol. The Bertz CT molecular complexity index is 1020. The first-order valence-corrected chi connectivity index (χ1v) is 8.26. The van der Waals surface area contributed by atoms with E-state index in [2.05, 4.69) is 5.32 Å².